The molecular weight excluding hydrogens is 1840 g/mol. The Balaban J connectivity index is 0.000000152. The topological polar surface area (TPSA) is 107 Å². The van der Waals surface area contributed by atoms with Gasteiger partial charge in [0.25, 0.3) is 0 Å². The van der Waals surface area contributed by atoms with E-state index in [4.69, 9.17) is 89.2 Å². The third-order valence-electron chi connectivity index (χ3n) is 26.8. The van der Waals surface area contributed by atoms with Crippen LogP contribution in [0.3, 0.4) is 0 Å². The molecule has 0 fully saturated rings. The Morgan fingerprint density at radius 3 is 0.940 bits per heavy atom. The van der Waals surface area contributed by atoms with E-state index in [-0.39, 0.29) is 92.2 Å². The van der Waals surface area contributed by atoms with Crippen molar-refractivity contribution in [3.63, 3.8) is 0 Å². The maximum Gasteiger partial charge on any atom is 0.232 e. The number of aromatic nitrogens is 5. The van der Waals surface area contributed by atoms with Crippen LogP contribution >= 0.6 is 0 Å². The van der Waals surface area contributed by atoms with Gasteiger partial charge >= 0.3 is 0 Å². The van der Waals surface area contributed by atoms with Crippen molar-refractivity contribution in [2.75, 3.05) is 0 Å². The molecule has 0 N–H and O–H groups in total. The molecule has 0 bridgehead atoms. The molecule has 0 saturated heterocycles. The SMILES string of the molecule is [2H]C([2H])([2H])c1cc(C)c(-c2cc(C([2H])([2H])C(C)(C)C)cc(C)[n+]2C)c2oc3c([N+]#[C-])cccc3c12.[2H]C([2H])([2H])c1ccc([N+]#[C-])c2oc3c(-c4cc(C([2H])([2H])C(C)(C)C)cc(C)[n+]4C)c(C)ccc3c12.[2H]c1c(C([2H])([2H])C(C)(C)C)c([2H])c(-c2c(C)ccc3c2oc2c([N+]#[C-])c(C)ccc23)[n+](C)c1C.[2H]c1c(C([2H])([2H])C(C)(C)C)c([2H])c(-c2c(C)ccc3c2oc2c([N+]#[C-])cc(C)cc23)[n+](C)c1C.[2H]c1c(C([2H])([2H])C(C)(C)C)c([2H])c(-c2c(C)ccc3c2oc2c([N+]#[C-])ccc(C([2H])([2H])[2H])c23)[n+](C)c1C. The van der Waals surface area contributed by atoms with Crippen LogP contribution in [0.5, 0.6) is 0 Å². The van der Waals surface area contributed by atoms with Crippen LogP contribution in [0.4, 0.5) is 28.4 Å². The van der Waals surface area contributed by atoms with Crippen LogP contribution in [-0.2, 0) is 67.1 Å². The van der Waals surface area contributed by atoms with Gasteiger partial charge in [-0.25, -0.2) is 24.2 Å². The summed E-state index contributed by atoms with van der Waals surface area (Å²) in [5, 5.41) is 6.29. The standard InChI is InChI=1S/5C27H29N2O/c2*1-16-10-12-21(28-7)26-23(16)20-11-9-17(2)24(25(20)30-26)22-14-19(15-27(4,5)6)13-18(3)29(22)8;1-16-9-11-20-21-12-10-17(2)24(28-7)26(21)30-25(20)23(16)22-14-19(15-27(4,5)6)13-18(3)29(22)8;1-16-11-21-20-10-9-17(2)24(26(20)30-25(21)22(12-16)28-7)23-14-19(15-27(4,5)6)13-18(3)29(23)8;1-16-12-17(2)24(22-14-19(15-27(4,5)6)13-18(3)29(22)8)26-23(16)20-10-9-11-21(28-7)25(20)30-26/h5*9-14H,15H2,1-6,8H3/q5*+1/i1D3,13D,14D,15D2;1D3,15D2;2*13D,14D,15D2;1D3,15D2. The second-order valence-corrected chi connectivity index (χ2v) is 44.4. The van der Waals surface area contributed by atoms with Crippen LogP contribution in [0.2, 0.25) is 0 Å². The average Bonchev–Trinajstić information content (AvgIpc) is 1.61. The average molecular weight is 2010 g/mol. The second kappa shape index (κ2) is 40.8. The number of fused-ring (bicyclic) bond motifs is 15. The summed E-state index contributed by atoms with van der Waals surface area (Å²) in [7, 11) is 9.13. The first-order valence-corrected chi connectivity index (χ1v) is 49.9. The van der Waals surface area contributed by atoms with Gasteiger partial charge in [-0.2, -0.15) is 22.8 Å². The molecule has 0 unspecified atom stereocenters. The summed E-state index contributed by atoms with van der Waals surface area (Å²) in [4.78, 5) is 18.0. The zero-order chi connectivity index (χ0) is 131. The van der Waals surface area contributed by atoms with Gasteiger partial charge in [0, 0.05) is 175 Å². The first-order chi connectivity index (χ1) is 80.6. The van der Waals surface area contributed by atoms with E-state index in [0.29, 0.717) is 167 Å². The van der Waals surface area contributed by atoms with Gasteiger partial charge < -0.3 is 22.1 Å². The molecule has 0 amide bonds. The van der Waals surface area contributed by atoms with Crippen molar-refractivity contribution in [2.45, 2.75) is 239 Å². The number of aryl methyl sites for hydroxylation is 12. The van der Waals surface area contributed by atoms with Gasteiger partial charge in [0.1, 0.15) is 91.1 Å². The van der Waals surface area contributed by atoms with Crippen molar-refractivity contribution in [2.24, 2.45) is 62.3 Å². The molecule has 20 aromatic rings. The predicted octanol–water partition coefficient (Wildman–Crippen LogP) is 35.7. The Bertz CT molecular complexity index is 10400. The van der Waals surface area contributed by atoms with E-state index < -0.39 is 79.5 Å². The minimum atomic E-state index is -2.44. The third kappa shape index (κ3) is 21.2. The maximum atomic E-state index is 9.16. The van der Waals surface area contributed by atoms with E-state index in [0.717, 1.165) is 83.3 Å². The van der Waals surface area contributed by atoms with Crippen LogP contribution in [0.15, 0.2) is 204 Å². The van der Waals surface area contributed by atoms with Crippen LogP contribution in [0.25, 0.3) is 190 Å². The first kappa shape index (κ1) is 78.6. The van der Waals surface area contributed by atoms with Crippen molar-refractivity contribution in [3.05, 3.63) is 351 Å². The minimum Gasteiger partial charge on any atom is -0.466 e. The van der Waals surface area contributed by atoms with Gasteiger partial charge in [-0.05, 0) is 212 Å². The Labute approximate surface area is 921 Å². The van der Waals surface area contributed by atoms with Crippen LogP contribution in [0.1, 0.15) is 250 Å². The predicted molar refractivity (Wildman–Crippen MR) is 620 cm³/mol. The van der Waals surface area contributed by atoms with Crippen molar-refractivity contribution in [1.29, 1.82) is 0 Å². The van der Waals surface area contributed by atoms with Crippen LogP contribution in [-0.4, -0.2) is 0 Å². The third-order valence-corrected chi connectivity index (χ3v) is 26.8. The summed E-state index contributed by atoms with van der Waals surface area (Å²) in [5.74, 6) is 0. The number of furan rings is 5. The van der Waals surface area contributed by atoms with E-state index in [2.05, 4.69) is 24.2 Å². The van der Waals surface area contributed by atoms with Gasteiger partial charge in [0.2, 0.25) is 56.9 Å². The molecule has 0 aliphatic rings. The number of pyridine rings is 5. The molecule has 15 heteroatoms. The molecule has 0 aliphatic heterocycles. The number of hydrogen-bond acceptors (Lipinski definition) is 5. The molecule has 0 spiro atoms. The molecule has 150 heavy (non-hydrogen) atoms. The molecule has 0 saturated carbocycles. The highest BCUT2D eigenvalue weighted by molar-refractivity contribution is 6.19. The molecule has 0 aliphatic carbocycles. The number of benzene rings is 10. The highest BCUT2D eigenvalue weighted by atomic mass is 16.3. The summed E-state index contributed by atoms with van der Waals surface area (Å²) < 4.78 is 256. The number of nitrogens with zero attached hydrogens (tertiary/aromatic N) is 10. The summed E-state index contributed by atoms with van der Waals surface area (Å²) in [5.41, 5.74) is 19.0. The molecule has 760 valence electrons. The maximum absolute atomic E-state index is 9.16. The van der Waals surface area contributed by atoms with Crippen molar-refractivity contribution in [3.8, 4) is 56.3 Å². The van der Waals surface area contributed by atoms with E-state index in [9.17, 15) is 0 Å². The Hall–Kier alpha value is -15.6. The van der Waals surface area contributed by atoms with E-state index in [1.807, 2.05) is 212 Å². The monoisotopic (exact) mass is 2010 g/mol. The lowest BCUT2D eigenvalue weighted by atomic mass is 9.87. The Morgan fingerprint density at radius 1 is 0.253 bits per heavy atom. The van der Waals surface area contributed by atoms with Crippen LogP contribution in [0, 0.1) is 164 Å². The van der Waals surface area contributed by atoms with Gasteiger partial charge in [0.05, 0.1) is 68.9 Å². The molecular formula is C135H145N10O5+5. The van der Waals surface area contributed by atoms with E-state index in [1.165, 1.54) is 24.3 Å². The van der Waals surface area contributed by atoms with Gasteiger partial charge in [-0.15, -0.1) is 0 Å². The highest BCUT2D eigenvalue weighted by Crippen LogP contribution is 2.50. The minimum absolute atomic E-state index is 0.0110. The summed E-state index contributed by atoms with van der Waals surface area (Å²) in [6.07, 6.45) is -9.01. The van der Waals surface area contributed by atoms with E-state index >= 15 is 0 Å². The molecule has 10 heterocycles. The molecule has 10 aromatic carbocycles. The lowest BCUT2D eigenvalue weighted by molar-refractivity contribution is -0.666. The van der Waals surface area contributed by atoms with Crippen molar-refractivity contribution < 1.29 is 79.2 Å². The molecule has 20 rings (SSSR count). The normalized spacial score (nSPS) is 15.1. The van der Waals surface area contributed by atoms with Crippen molar-refractivity contribution in [1.82, 2.24) is 0 Å². The molecule has 10 aromatic heterocycles. The summed E-state index contributed by atoms with van der Waals surface area (Å²) in [6.45, 7) is 80.4. The lowest BCUT2D eigenvalue weighted by Gasteiger charge is -2.19. The number of rotatable bonds is 10. The number of hydrogen-bond donors (Lipinski definition) is 0. The fourth-order valence-electron chi connectivity index (χ4n) is 19.5. The van der Waals surface area contributed by atoms with Crippen LogP contribution < -0.4 is 22.8 Å². The largest absolute Gasteiger partial charge is 0.466 e. The fraction of sp³-hybridized carbons (Fsp3) is 0.333. The second-order valence-electron chi connectivity index (χ2n) is 44.4. The van der Waals surface area contributed by atoms with Gasteiger partial charge in [0.15, 0.2) is 28.5 Å². The highest BCUT2D eigenvalue weighted by Gasteiger charge is 2.34. The molecule has 0 atom stereocenters. The van der Waals surface area contributed by atoms with Gasteiger partial charge in [-0.3, -0.25) is 0 Å². The van der Waals surface area contributed by atoms with E-state index in [1.54, 1.807) is 154 Å². The molecule has 0 radical (unpaired) electrons. The zero-order valence-electron chi connectivity index (χ0n) is 117. The zero-order valence-corrected chi connectivity index (χ0v) is 91.9. The van der Waals surface area contributed by atoms with Gasteiger partial charge in [-0.1, -0.05) is 225 Å². The lowest BCUT2D eigenvalue weighted by Crippen LogP contribution is -2.35. The summed E-state index contributed by atoms with van der Waals surface area (Å²) in [6, 6.07) is 42.8. The number of para-hydroxylation sites is 1. The fourth-order valence-corrected chi connectivity index (χ4v) is 19.5. The first-order valence-electron chi connectivity index (χ1n) is 62.4. The Morgan fingerprint density at radius 2 is 0.553 bits per heavy atom. The smallest absolute Gasteiger partial charge is 0.232 e. The summed E-state index contributed by atoms with van der Waals surface area (Å²) >= 11 is 0. The Kier molecular flexibility index (Phi) is 21.4. The quantitative estimate of drug-likeness (QED) is 0.100. The molecule has 15 nitrogen and oxygen atoms in total. The van der Waals surface area contributed by atoms with Crippen molar-refractivity contribution >= 4 is 138 Å².